The van der Waals surface area contributed by atoms with Gasteiger partial charge in [-0.15, -0.1) is 0 Å². The Morgan fingerprint density at radius 3 is 2.52 bits per heavy atom. The lowest BCUT2D eigenvalue weighted by Gasteiger charge is -2.07. The first-order valence-electron chi connectivity index (χ1n) is 5.52. The fourth-order valence-electron chi connectivity index (χ4n) is 1.60. The molecule has 0 fully saturated rings. The molecule has 0 spiro atoms. The van der Waals surface area contributed by atoms with Gasteiger partial charge in [-0.2, -0.15) is 13.2 Å². The number of amides is 1. The number of halogens is 3. The summed E-state index contributed by atoms with van der Waals surface area (Å²) < 4.78 is 38.8. The lowest BCUT2D eigenvalue weighted by atomic mass is 10.3. The maximum atomic E-state index is 12.7. The van der Waals surface area contributed by atoms with Crippen LogP contribution in [0.5, 0.6) is 0 Å². The Hall–Kier alpha value is -2.56. The van der Waals surface area contributed by atoms with E-state index >= 15 is 0 Å². The lowest BCUT2D eigenvalue weighted by Crippen LogP contribution is -2.20. The number of rotatable bonds is 3. The van der Waals surface area contributed by atoms with Crippen LogP contribution in [0, 0.1) is 0 Å². The zero-order chi connectivity index (χ0) is 15.8. The van der Waals surface area contributed by atoms with Crippen molar-refractivity contribution in [1.82, 2.24) is 19.5 Å². The van der Waals surface area contributed by atoms with Crippen LogP contribution in [-0.2, 0) is 6.18 Å². The molecule has 0 aliphatic rings. The van der Waals surface area contributed by atoms with Crippen LogP contribution in [-0.4, -0.2) is 43.0 Å². The highest BCUT2D eigenvalue weighted by Gasteiger charge is 2.37. The quantitative estimate of drug-likeness (QED) is 0.820. The second-order valence-corrected chi connectivity index (χ2v) is 3.91. The van der Waals surface area contributed by atoms with E-state index in [4.69, 9.17) is 10.8 Å². The van der Waals surface area contributed by atoms with Gasteiger partial charge in [-0.1, -0.05) is 0 Å². The van der Waals surface area contributed by atoms with Gasteiger partial charge in [0.1, 0.15) is 11.8 Å². The molecule has 0 unspecified atom stereocenters. The summed E-state index contributed by atoms with van der Waals surface area (Å²) in [4.78, 5) is 32.7. The van der Waals surface area contributed by atoms with E-state index in [1.165, 1.54) is 0 Å². The van der Waals surface area contributed by atoms with Crippen LogP contribution in [0.3, 0.4) is 0 Å². The minimum absolute atomic E-state index is 0.318. The summed E-state index contributed by atoms with van der Waals surface area (Å²) in [6.45, 7) is -0.502. The Labute approximate surface area is 114 Å². The first-order valence-corrected chi connectivity index (χ1v) is 5.52. The van der Waals surface area contributed by atoms with Gasteiger partial charge in [0.25, 0.3) is 5.91 Å². The molecule has 0 saturated heterocycles. The predicted octanol–water partition coefficient (Wildman–Crippen LogP) is -0.0334. The highest BCUT2D eigenvalue weighted by atomic mass is 19.4. The molecule has 2 aromatic heterocycles. The van der Waals surface area contributed by atoms with Crippen LogP contribution in [0.4, 0.5) is 13.2 Å². The van der Waals surface area contributed by atoms with Gasteiger partial charge in [-0.3, -0.25) is 14.2 Å². The Morgan fingerprint density at radius 1 is 1.33 bits per heavy atom. The van der Waals surface area contributed by atoms with Crippen molar-refractivity contribution in [2.45, 2.75) is 12.6 Å². The first-order chi connectivity index (χ1) is 9.75. The van der Waals surface area contributed by atoms with E-state index < -0.39 is 41.8 Å². The smallest absolute Gasteiger partial charge is 0.396 e. The Bertz CT molecular complexity index is 725. The van der Waals surface area contributed by atoms with Crippen molar-refractivity contribution in [3.05, 3.63) is 17.8 Å². The highest BCUT2D eigenvalue weighted by Crippen LogP contribution is 2.28. The number of hydrogen-bond acceptors (Lipinski definition) is 6. The zero-order valence-electron chi connectivity index (χ0n) is 10.3. The number of imidazole rings is 1. The summed E-state index contributed by atoms with van der Waals surface area (Å²) in [5, 5.41) is 8.69. The van der Waals surface area contributed by atoms with Crippen molar-refractivity contribution < 1.29 is 27.9 Å². The number of carbonyl (C=O) groups excluding carboxylic acids is 2. The van der Waals surface area contributed by atoms with E-state index in [1.54, 1.807) is 0 Å². The normalized spacial score (nSPS) is 11.8. The third-order valence-electron chi connectivity index (χ3n) is 2.48. The SMILES string of the molecule is NC(=O)c1nc(C(F)(F)F)nc2c1ncn2C(=O)CCO. The standard InChI is InChI=1S/C10H8F3N5O3/c11-10(12,13)9-16-5(7(14)21)6-8(17-9)18(3-15-6)4(20)1-2-19/h3,19H,1-2H2,(H2,14,21). The minimum atomic E-state index is -4.92. The van der Waals surface area contributed by atoms with Crippen molar-refractivity contribution in [1.29, 1.82) is 0 Å². The van der Waals surface area contributed by atoms with Crippen molar-refractivity contribution in [2.75, 3.05) is 6.61 Å². The number of primary amides is 1. The van der Waals surface area contributed by atoms with Crippen LogP contribution in [0.15, 0.2) is 6.33 Å². The Kier molecular flexibility index (Phi) is 3.60. The van der Waals surface area contributed by atoms with Gasteiger partial charge in [-0.05, 0) is 0 Å². The summed E-state index contributed by atoms with van der Waals surface area (Å²) in [5.41, 5.74) is 3.42. The summed E-state index contributed by atoms with van der Waals surface area (Å²) in [6.07, 6.45) is -4.37. The van der Waals surface area contributed by atoms with Crippen LogP contribution in [0.25, 0.3) is 11.2 Å². The van der Waals surface area contributed by atoms with E-state index in [0.29, 0.717) is 4.57 Å². The van der Waals surface area contributed by atoms with Crippen LogP contribution < -0.4 is 5.73 Å². The molecule has 0 aliphatic heterocycles. The average molecular weight is 303 g/mol. The van der Waals surface area contributed by atoms with Crippen LogP contribution in [0.2, 0.25) is 0 Å². The number of aliphatic hydroxyl groups excluding tert-OH is 1. The lowest BCUT2D eigenvalue weighted by molar-refractivity contribution is -0.144. The van der Waals surface area contributed by atoms with Gasteiger partial charge in [0.05, 0.1) is 13.0 Å². The number of alkyl halides is 3. The number of hydrogen-bond donors (Lipinski definition) is 2. The summed E-state index contributed by atoms with van der Waals surface area (Å²) in [6, 6.07) is 0. The molecule has 2 heterocycles. The summed E-state index contributed by atoms with van der Waals surface area (Å²) in [5.74, 6) is -3.57. The molecule has 2 rings (SSSR count). The number of carbonyl (C=O) groups is 2. The average Bonchev–Trinajstić information content (AvgIpc) is 2.80. The topological polar surface area (TPSA) is 124 Å². The first kappa shape index (κ1) is 14.8. The van der Waals surface area contributed by atoms with Crippen molar-refractivity contribution in [2.24, 2.45) is 5.73 Å². The molecule has 2 aromatic rings. The molecule has 8 nitrogen and oxygen atoms in total. The van der Waals surface area contributed by atoms with E-state index in [9.17, 15) is 22.8 Å². The van der Waals surface area contributed by atoms with Crippen molar-refractivity contribution in [3.63, 3.8) is 0 Å². The molecule has 0 saturated carbocycles. The maximum absolute atomic E-state index is 12.7. The summed E-state index contributed by atoms with van der Waals surface area (Å²) in [7, 11) is 0. The number of nitrogens with zero attached hydrogens (tertiary/aromatic N) is 4. The Balaban J connectivity index is 2.74. The van der Waals surface area contributed by atoms with Crippen LogP contribution in [0.1, 0.15) is 27.5 Å². The van der Waals surface area contributed by atoms with E-state index in [-0.39, 0.29) is 11.9 Å². The number of aromatic nitrogens is 4. The number of fused-ring (bicyclic) bond motifs is 1. The summed E-state index contributed by atoms with van der Waals surface area (Å²) >= 11 is 0. The molecular weight excluding hydrogens is 295 g/mol. The minimum Gasteiger partial charge on any atom is -0.396 e. The predicted molar refractivity (Wildman–Crippen MR) is 61.2 cm³/mol. The maximum Gasteiger partial charge on any atom is 0.451 e. The second-order valence-electron chi connectivity index (χ2n) is 3.91. The molecule has 11 heteroatoms. The van der Waals surface area contributed by atoms with E-state index in [1.807, 2.05) is 0 Å². The molecule has 0 aliphatic carbocycles. The van der Waals surface area contributed by atoms with Gasteiger partial charge in [0, 0.05) is 0 Å². The Morgan fingerprint density at radius 2 is 2.00 bits per heavy atom. The molecule has 21 heavy (non-hydrogen) atoms. The number of nitrogens with two attached hydrogens (primary N) is 1. The molecule has 1 amide bonds. The largest absolute Gasteiger partial charge is 0.451 e. The van der Waals surface area contributed by atoms with Crippen molar-refractivity contribution in [3.8, 4) is 0 Å². The second kappa shape index (κ2) is 5.09. The third-order valence-corrected chi connectivity index (χ3v) is 2.48. The third kappa shape index (κ3) is 2.67. The molecule has 3 N–H and O–H groups in total. The van der Waals surface area contributed by atoms with Crippen LogP contribution >= 0.6 is 0 Å². The molecule has 112 valence electrons. The molecule has 0 atom stereocenters. The highest BCUT2D eigenvalue weighted by molar-refractivity contribution is 6.02. The molecule has 0 bridgehead atoms. The fraction of sp³-hybridized carbons (Fsp3) is 0.300. The zero-order valence-corrected chi connectivity index (χ0v) is 10.3. The van der Waals surface area contributed by atoms with Gasteiger partial charge in [0.15, 0.2) is 11.3 Å². The van der Waals surface area contributed by atoms with Gasteiger partial charge < -0.3 is 10.8 Å². The molecular formula is C10H8F3N5O3. The fourth-order valence-corrected chi connectivity index (χ4v) is 1.60. The van der Waals surface area contributed by atoms with Gasteiger partial charge >= 0.3 is 6.18 Å². The van der Waals surface area contributed by atoms with Gasteiger partial charge in [-0.25, -0.2) is 15.0 Å². The monoisotopic (exact) mass is 303 g/mol. The van der Waals surface area contributed by atoms with E-state index in [0.717, 1.165) is 6.33 Å². The molecule has 0 aromatic carbocycles. The van der Waals surface area contributed by atoms with E-state index in [2.05, 4.69) is 15.0 Å². The number of aliphatic hydroxyl groups is 1. The van der Waals surface area contributed by atoms with Gasteiger partial charge in [0.2, 0.25) is 11.7 Å². The van der Waals surface area contributed by atoms with Crippen molar-refractivity contribution >= 4 is 23.0 Å². The molecule has 0 radical (unpaired) electrons.